The number of halogens is 1. The van der Waals surface area contributed by atoms with Crippen molar-refractivity contribution in [1.29, 1.82) is 5.26 Å². The van der Waals surface area contributed by atoms with Crippen molar-refractivity contribution in [2.75, 3.05) is 12.3 Å². The number of benzene rings is 1. The molecule has 0 N–H and O–H groups in total. The van der Waals surface area contributed by atoms with Crippen LogP contribution in [0.1, 0.15) is 26.3 Å². The van der Waals surface area contributed by atoms with E-state index in [1.807, 2.05) is 12.1 Å². The van der Waals surface area contributed by atoms with Crippen LogP contribution in [-0.4, -0.2) is 23.1 Å². The van der Waals surface area contributed by atoms with Crippen LogP contribution in [0.4, 0.5) is 0 Å². The van der Waals surface area contributed by atoms with Crippen LogP contribution in [0.2, 0.25) is 5.02 Å². The van der Waals surface area contributed by atoms with Gasteiger partial charge in [0.25, 0.3) is 0 Å². The lowest BCUT2D eigenvalue weighted by molar-refractivity contribution is -0.126. The van der Waals surface area contributed by atoms with Gasteiger partial charge in [-0.2, -0.15) is 5.26 Å². The van der Waals surface area contributed by atoms with Crippen LogP contribution in [0.15, 0.2) is 29.3 Å². The first-order valence-electron chi connectivity index (χ1n) is 6.65. The maximum atomic E-state index is 12.1. The lowest BCUT2D eigenvalue weighted by Gasteiger charge is -2.27. The first kappa shape index (κ1) is 15.9. The summed E-state index contributed by atoms with van der Waals surface area (Å²) >= 11 is 7.32. The fourth-order valence-corrected chi connectivity index (χ4v) is 3.27. The number of carbonyl (C=O) groups excluding carboxylic acids is 1. The van der Waals surface area contributed by atoms with Gasteiger partial charge in [-0.25, -0.2) is 0 Å². The second kappa shape index (κ2) is 6.13. The smallest absolute Gasteiger partial charge is 0.237 e. The third-order valence-corrected chi connectivity index (χ3v) is 4.31. The number of nitriles is 1. The van der Waals surface area contributed by atoms with E-state index in [1.165, 1.54) is 11.8 Å². The van der Waals surface area contributed by atoms with Gasteiger partial charge in [0.1, 0.15) is 6.07 Å². The van der Waals surface area contributed by atoms with Gasteiger partial charge in [0, 0.05) is 11.6 Å². The Bertz CT molecular complexity index is 623. The van der Waals surface area contributed by atoms with Crippen LogP contribution in [0.5, 0.6) is 0 Å². The Labute approximate surface area is 134 Å². The molecule has 1 heterocycles. The lowest BCUT2D eigenvalue weighted by Crippen LogP contribution is -2.33. The number of allylic oxidation sites excluding steroid dienone is 1. The van der Waals surface area contributed by atoms with Crippen LogP contribution in [0.25, 0.3) is 5.57 Å². The van der Waals surface area contributed by atoms with Gasteiger partial charge in [0.2, 0.25) is 5.91 Å². The normalized spacial score (nSPS) is 17.9. The molecule has 21 heavy (non-hydrogen) atoms. The van der Waals surface area contributed by atoms with Crippen molar-refractivity contribution in [3.63, 3.8) is 0 Å². The molecule has 1 aromatic carbocycles. The van der Waals surface area contributed by atoms with E-state index < -0.39 is 0 Å². The van der Waals surface area contributed by atoms with Crippen LogP contribution >= 0.6 is 23.4 Å². The molecule has 1 fully saturated rings. The lowest BCUT2D eigenvalue weighted by atomic mass is 9.96. The second-order valence-electron chi connectivity index (χ2n) is 6.13. The summed E-state index contributed by atoms with van der Waals surface area (Å²) in [7, 11) is 0. The Kier molecular flexibility index (Phi) is 4.65. The minimum absolute atomic E-state index is 0.0215. The molecule has 0 bridgehead atoms. The molecule has 5 heteroatoms. The molecule has 3 nitrogen and oxygen atoms in total. The summed E-state index contributed by atoms with van der Waals surface area (Å²) in [6.07, 6.45) is 0. The summed E-state index contributed by atoms with van der Waals surface area (Å²) in [5.74, 6) is 0.455. The third-order valence-electron chi connectivity index (χ3n) is 2.97. The zero-order valence-corrected chi connectivity index (χ0v) is 13.9. The molecule has 0 unspecified atom stereocenters. The predicted molar refractivity (Wildman–Crippen MR) is 87.6 cm³/mol. The van der Waals surface area contributed by atoms with E-state index in [4.69, 9.17) is 11.6 Å². The molecular weight excluding hydrogens is 304 g/mol. The molecule has 1 aromatic rings. The Hall–Kier alpha value is -1.44. The monoisotopic (exact) mass is 320 g/mol. The highest BCUT2D eigenvalue weighted by Gasteiger charge is 2.32. The Morgan fingerprint density at radius 2 is 2.00 bits per heavy atom. The van der Waals surface area contributed by atoms with Crippen molar-refractivity contribution in [1.82, 2.24) is 4.90 Å². The van der Waals surface area contributed by atoms with Crippen molar-refractivity contribution in [3.05, 3.63) is 39.9 Å². The molecule has 1 amide bonds. The highest BCUT2D eigenvalue weighted by Crippen LogP contribution is 2.37. The molecule has 0 aliphatic carbocycles. The van der Waals surface area contributed by atoms with Gasteiger partial charge in [0.15, 0.2) is 0 Å². The van der Waals surface area contributed by atoms with Crippen LogP contribution < -0.4 is 0 Å². The molecule has 1 aliphatic rings. The first-order valence-corrected chi connectivity index (χ1v) is 8.01. The van der Waals surface area contributed by atoms with E-state index in [-0.39, 0.29) is 11.3 Å². The Morgan fingerprint density at radius 1 is 1.38 bits per heavy atom. The highest BCUT2D eigenvalue weighted by molar-refractivity contribution is 8.04. The van der Waals surface area contributed by atoms with Crippen molar-refractivity contribution in [3.8, 4) is 6.07 Å². The van der Waals surface area contributed by atoms with Crippen molar-refractivity contribution < 1.29 is 4.79 Å². The fourth-order valence-electron chi connectivity index (χ4n) is 2.09. The van der Waals surface area contributed by atoms with Gasteiger partial charge in [-0.05, 0) is 23.1 Å². The van der Waals surface area contributed by atoms with E-state index in [2.05, 4.69) is 26.8 Å². The van der Waals surface area contributed by atoms with Crippen LogP contribution in [0.3, 0.4) is 0 Å². The topological polar surface area (TPSA) is 44.1 Å². The van der Waals surface area contributed by atoms with Gasteiger partial charge in [-0.1, -0.05) is 56.3 Å². The maximum Gasteiger partial charge on any atom is 0.237 e. The van der Waals surface area contributed by atoms with Crippen LogP contribution in [-0.2, 0) is 4.79 Å². The minimum atomic E-state index is -0.0215. The summed E-state index contributed by atoms with van der Waals surface area (Å²) in [5.41, 5.74) is 1.30. The number of carbonyl (C=O) groups is 1. The Balaban J connectivity index is 2.45. The molecule has 1 aliphatic heterocycles. The van der Waals surface area contributed by atoms with Crippen LogP contribution in [0, 0.1) is 16.7 Å². The van der Waals surface area contributed by atoms with Gasteiger partial charge < -0.3 is 4.90 Å². The number of hydrogen-bond acceptors (Lipinski definition) is 3. The maximum absolute atomic E-state index is 12.1. The van der Waals surface area contributed by atoms with Crippen molar-refractivity contribution in [2.24, 2.45) is 5.41 Å². The van der Waals surface area contributed by atoms with E-state index in [0.717, 1.165) is 10.6 Å². The summed E-state index contributed by atoms with van der Waals surface area (Å²) < 4.78 is 0. The number of thioether (sulfide) groups is 1. The molecule has 0 radical (unpaired) electrons. The standard InChI is InChI=1S/C16H17ClN2OS/c1-16(2,3)10-19-14(20)9-21-15(19)13(8-18)11-4-6-12(17)7-5-11/h4-7H,9-10H2,1-3H3/b15-13-. The zero-order chi connectivity index (χ0) is 15.6. The largest absolute Gasteiger partial charge is 0.304 e. The average molecular weight is 321 g/mol. The van der Waals surface area contributed by atoms with Gasteiger partial charge in [-0.3, -0.25) is 4.79 Å². The van der Waals surface area contributed by atoms with Gasteiger partial charge in [0.05, 0.1) is 16.4 Å². The SMILES string of the molecule is CC(C)(C)CN1C(=O)CS/C1=C(/C#N)c1ccc(Cl)cc1. The average Bonchev–Trinajstić information content (AvgIpc) is 2.73. The zero-order valence-electron chi connectivity index (χ0n) is 12.3. The molecule has 0 atom stereocenters. The molecular formula is C16H17ClN2OS. The highest BCUT2D eigenvalue weighted by atomic mass is 35.5. The summed E-state index contributed by atoms with van der Waals surface area (Å²) in [5, 5.41) is 10.9. The third kappa shape index (κ3) is 3.81. The Morgan fingerprint density at radius 3 is 2.52 bits per heavy atom. The molecule has 1 saturated heterocycles. The van der Waals surface area contributed by atoms with Crippen molar-refractivity contribution in [2.45, 2.75) is 20.8 Å². The van der Waals surface area contributed by atoms with Crippen molar-refractivity contribution >= 4 is 34.8 Å². The quantitative estimate of drug-likeness (QED) is 0.769. The molecule has 0 aromatic heterocycles. The molecule has 0 spiro atoms. The van der Waals surface area contributed by atoms with E-state index in [9.17, 15) is 10.1 Å². The summed E-state index contributed by atoms with van der Waals surface area (Å²) in [6.45, 7) is 6.84. The second-order valence-corrected chi connectivity index (χ2v) is 7.53. The first-order chi connectivity index (χ1) is 9.81. The van der Waals surface area contributed by atoms with Gasteiger partial charge in [-0.15, -0.1) is 0 Å². The number of rotatable bonds is 2. The molecule has 110 valence electrons. The van der Waals surface area contributed by atoms with E-state index >= 15 is 0 Å². The number of nitrogens with zero attached hydrogens (tertiary/aromatic N) is 2. The minimum Gasteiger partial charge on any atom is -0.304 e. The van der Waals surface area contributed by atoms with Gasteiger partial charge >= 0.3 is 0 Å². The van der Waals surface area contributed by atoms with E-state index in [0.29, 0.717) is 22.9 Å². The van der Waals surface area contributed by atoms with E-state index in [1.54, 1.807) is 17.0 Å². The summed E-state index contributed by atoms with van der Waals surface area (Å²) in [4.78, 5) is 13.8. The molecule has 2 rings (SSSR count). The molecule has 0 saturated carbocycles. The summed E-state index contributed by atoms with van der Waals surface area (Å²) in [6, 6.07) is 9.37. The number of amides is 1. The number of hydrogen-bond donors (Lipinski definition) is 0. The fraction of sp³-hybridized carbons (Fsp3) is 0.375. The predicted octanol–water partition coefficient (Wildman–Crippen LogP) is 4.15.